The number of H-pyrrole nitrogens is 1. The van der Waals surface area contributed by atoms with Crippen LogP contribution in [0.1, 0.15) is 25.8 Å². The van der Waals surface area contributed by atoms with E-state index in [1.165, 1.54) is 5.56 Å². The SMILES string of the molecule is CC(C)CC(Br)Cc1ccc2[nH]c(=O)oc2c1. The first-order valence-corrected chi connectivity index (χ1v) is 6.72. The van der Waals surface area contributed by atoms with E-state index in [-0.39, 0.29) is 0 Å². The van der Waals surface area contributed by atoms with E-state index < -0.39 is 5.76 Å². The van der Waals surface area contributed by atoms with E-state index in [0.717, 1.165) is 18.4 Å². The van der Waals surface area contributed by atoms with Gasteiger partial charge in [0.1, 0.15) is 0 Å². The van der Waals surface area contributed by atoms with Crippen molar-refractivity contribution in [2.75, 3.05) is 0 Å². The van der Waals surface area contributed by atoms with Crippen LogP contribution in [-0.2, 0) is 6.42 Å². The fourth-order valence-electron chi connectivity index (χ4n) is 1.97. The highest BCUT2D eigenvalue weighted by molar-refractivity contribution is 9.09. The van der Waals surface area contributed by atoms with E-state index in [1.54, 1.807) is 0 Å². The summed E-state index contributed by atoms with van der Waals surface area (Å²) in [7, 11) is 0. The monoisotopic (exact) mass is 297 g/mol. The maximum atomic E-state index is 11.0. The number of halogens is 1. The maximum absolute atomic E-state index is 11.0. The van der Waals surface area contributed by atoms with Crippen molar-refractivity contribution in [2.45, 2.75) is 31.5 Å². The molecule has 0 saturated heterocycles. The lowest BCUT2D eigenvalue weighted by atomic mass is 10.0. The van der Waals surface area contributed by atoms with Crippen molar-refractivity contribution >= 4 is 27.0 Å². The number of benzene rings is 1. The molecule has 0 aliphatic heterocycles. The lowest BCUT2D eigenvalue weighted by Crippen LogP contribution is -2.06. The number of hydrogen-bond donors (Lipinski definition) is 1. The van der Waals surface area contributed by atoms with Crippen LogP contribution in [0, 0.1) is 5.92 Å². The zero-order chi connectivity index (χ0) is 12.4. The molecule has 0 radical (unpaired) electrons. The molecule has 1 aromatic heterocycles. The lowest BCUT2D eigenvalue weighted by molar-refractivity contribution is 0.554. The first kappa shape index (κ1) is 12.4. The summed E-state index contributed by atoms with van der Waals surface area (Å²) in [6.45, 7) is 4.42. The van der Waals surface area contributed by atoms with E-state index in [0.29, 0.717) is 16.3 Å². The number of fused-ring (bicyclic) bond motifs is 1. The summed E-state index contributed by atoms with van der Waals surface area (Å²) in [4.78, 5) is 14.1. The van der Waals surface area contributed by atoms with Gasteiger partial charge in [0.25, 0.3) is 0 Å². The number of alkyl halides is 1. The minimum absolute atomic E-state index is 0.394. The van der Waals surface area contributed by atoms with Gasteiger partial charge in [-0.3, -0.25) is 4.98 Å². The fraction of sp³-hybridized carbons (Fsp3) is 0.462. The van der Waals surface area contributed by atoms with Crippen molar-refractivity contribution in [1.82, 2.24) is 4.98 Å². The number of oxazole rings is 1. The molecule has 1 heterocycles. The molecule has 0 saturated carbocycles. The summed E-state index contributed by atoms with van der Waals surface area (Å²) in [6.07, 6.45) is 2.08. The molecule has 92 valence electrons. The lowest BCUT2D eigenvalue weighted by Gasteiger charge is -2.11. The number of rotatable bonds is 4. The molecule has 1 atom stereocenters. The minimum atomic E-state index is -0.394. The van der Waals surface area contributed by atoms with Crippen LogP contribution in [-0.4, -0.2) is 9.81 Å². The molecule has 17 heavy (non-hydrogen) atoms. The standard InChI is InChI=1S/C13H16BrNO2/c1-8(2)5-10(14)6-9-3-4-11-12(7-9)17-13(16)15-11/h3-4,7-8,10H,5-6H2,1-2H3,(H,15,16). The van der Waals surface area contributed by atoms with Gasteiger partial charge in [-0.05, 0) is 36.5 Å². The van der Waals surface area contributed by atoms with Crippen LogP contribution >= 0.6 is 15.9 Å². The smallest absolute Gasteiger partial charge is 0.408 e. The van der Waals surface area contributed by atoms with Crippen molar-refractivity contribution in [3.63, 3.8) is 0 Å². The molecule has 1 aromatic carbocycles. The maximum Gasteiger partial charge on any atom is 0.417 e. The fourth-order valence-corrected chi connectivity index (χ4v) is 3.09. The van der Waals surface area contributed by atoms with Gasteiger partial charge in [0.15, 0.2) is 5.58 Å². The second-order valence-electron chi connectivity index (χ2n) is 4.78. The van der Waals surface area contributed by atoms with E-state index in [9.17, 15) is 4.79 Å². The van der Waals surface area contributed by atoms with Crippen LogP contribution in [0.4, 0.5) is 0 Å². The van der Waals surface area contributed by atoms with Crippen LogP contribution in [0.5, 0.6) is 0 Å². The average Bonchev–Trinajstić information content (AvgIpc) is 2.55. The molecule has 1 unspecified atom stereocenters. The molecule has 3 nitrogen and oxygen atoms in total. The highest BCUT2D eigenvalue weighted by Gasteiger charge is 2.09. The molecule has 0 aliphatic carbocycles. The van der Waals surface area contributed by atoms with Gasteiger partial charge in [-0.25, -0.2) is 4.79 Å². The predicted molar refractivity (Wildman–Crippen MR) is 72.7 cm³/mol. The molecule has 1 N–H and O–H groups in total. The van der Waals surface area contributed by atoms with E-state index in [4.69, 9.17) is 4.42 Å². The average molecular weight is 298 g/mol. The van der Waals surface area contributed by atoms with Crippen molar-refractivity contribution in [3.05, 3.63) is 34.3 Å². The molecule has 0 aliphatic rings. The van der Waals surface area contributed by atoms with Gasteiger partial charge in [0.2, 0.25) is 0 Å². The number of aromatic amines is 1. The Bertz CT molecular complexity index is 556. The molecule has 2 rings (SSSR count). The second kappa shape index (κ2) is 5.08. The molecular weight excluding hydrogens is 282 g/mol. The quantitative estimate of drug-likeness (QED) is 0.878. The Morgan fingerprint density at radius 1 is 1.41 bits per heavy atom. The van der Waals surface area contributed by atoms with E-state index >= 15 is 0 Å². The Morgan fingerprint density at radius 3 is 2.88 bits per heavy atom. The van der Waals surface area contributed by atoms with Crippen LogP contribution in [0.15, 0.2) is 27.4 Å². The van der Waals surface area contributed by atoms with Crippen molar-refractivity contribution < 1.29 is 4.42 Å². The second-order valence-corrected chi connectivity index (χ2v) is 6.07. The first-order chi connectivity index (χ1) is 8.04. The Kier molecular flexibility index (Phi) is 3.72. The van der Waals surface area contributed by atoms with E-state index in [1.807, 2.05) is 18.2 Å². The van der Waals surface area contributed by atoms with Crippen molar-refractivity contribution in [3.8, 4) is 0 Å². The third kappa shape index (κ3) is 3.22. The zero-order valence-electron chi connectivity index (χ0n) is 10.00. The largest absolute Gasteiger partial charge is 0.417 e. The Morgan fingerprint density at radius 2 is 2.18 bits per heavy atom. The van der Waals surface area contributed by atoms with Gasteiger partial charge < -0.3 is 4.42 Å². The first-order valence-electron chi connectivity index (χ1n) is 5.80. The normalized spacial score (nSPS) is 13.4. The number of aromatic nitrogens is 1. The summed E-state index contributed by atoms with van der Waals surface area (Å²) in [6, 6.07) is 5.86. The predicted octanol–water partition coefficient (Wildman–Crippen LogP) is 3.47. The topological polar surface area (TPSA) is 46.0 Å². The third-order valence-corrected chi connectivity index (χ3v) is 3.37. The molecular formula is C13H16BrNO2. The van der Waals surface area contributed by atoms with Crippen molar-refractivity contribution in [1.29, 1.82) is 0 Å². The van der Waals surface area contributed by atoms with Gasteiger partial charge in [-0.15, -0.1) is 0 Å². The highest BCUT2D eigenvalue weighted by Crippen LogP contribution is 2.20. The minimum Gasteiger partial charge on any atom is -0.408 e. The van der Waals surface area contributed by atoms with Gasteiger partial charge in [-0.2, -0.15) is 0 Å². The Balaban J connectivity index is 2.16. The molecule has 2 aromatic rings. The molecule has 0 spiro atoms. The van der Waals surface area contributed by atoms with Gasteiger partial charge in [0, 0.05) is 4.83 Å². The van der Waals surface area contributed by atoms with Gasteiger partial charge in [0.05, 0.1) is 5.52 Å². The zero-order valence-corrected chi connectivity index (χ0v) is 11.6. The Labute approximate surface area is 108 Å². The molecule has 0 fully saturated rings. The summed E-state index contributed by atoms with van der Waals surface area (Å²) in [5.41, 5.74) is 2.58. The summed E-state index contributed by atoms with van der Waals surface area (Å²) in [5.74, 6) is 0.281. The molecule has 4 heteroatoms. The number of nitrogens with one attached hydrogen (secondary N) is 1. The summed E-state index contributed by atoms with van der Waals surface area (Å²) < 4.78 is 5.04. The number of hydrogen-bond acceptors (Lipinski definition) is 2. The van der Waals surface area contributed by atoms with Gasteiger partial charge >= 0.3 is 5.76 Å². The van der Waals surface area contributed by atoms with E-state index in [2.05, 4.69) is 34.8 Å². The highest BCUT2D eigenvalue weighted by atomic mass is 79.9. The van der Waals surface area contributed by atoms with Crippen LogP contribution in [0.3, 0.4) is 0 Å². The van der Waals surface area contributed by atoms with Crippen LogP contribution in [0.25, 0.3) is 11.1 Å². The van der Waals surface area contributed by atoms with Crippen LogP contribution in [0.2, 0.25) is 0 Å². The summed E-state index contributed by atoms with van der Waals surface area (Å²) >= 11 is 3.68. The Hall–Kier alpha value is -1.03. The molecule has 0 amide bonds. The van der Waals surface area contributed by atoms with Gasteiger partial charge in [-0.1, -0.05) is 35.8 Å². The molecule has 0 bridgehead atoms. The third-order valence-electron chi connectivity index (χ3n) is 2.67. The van der Waals surface area contributed by atoms with Crippen LogP contribution < -0.4 is 5.76 Å². The van der Waals surface area contributed by atoms with Crippen molar-refractivity contribution in [2.24, 2.45) is 5.92 Å². The summed E-state index contributed by atoms with van der Waals surface area (Å²) in [5, 5.41) is 0.